The van der Waals surface area contributed by atoms with Crippen LogP contribution in [-0.4, -0.2) is 26.8 Å². The van der Waals surface area contributed by atoms with E-state index in [0.29, 0.717) is 5.92 Å². The zero-order valence-electron chi connectivity index (χ0n) is 12.1. The lowest BCUT2D eigenvalue weighted by Crippen LogP contribution is -2.12. The van der Waals surface area contributed by atoms with Crippen LogP contribution in [-0.2, 0) is 13.2 Å². The van der Waals surface area contributed by atoms with Crippen LogP contribution in [0.25, 0.3) is 0 Å². The third kappa shape index (κ3) is 2.83. The zero-order chi connectivity index (χ0) is 15.9. The van der Waals surface area contributed by atoms with Gasteiger partial charge in [0.25, 0.3) is 0 Å². The Morgan fingerprint density at radius 2 is 2.05 bits per heavy atom. The molecule has 2 aromatic rings. The molecule has 2 heterocycles. The van der Waals surface area contributed by atoms with E-state index in [1.165, 1.54) is 7.05 Å². The Morgan fingerprint density at radius 3 is 2.64 bits per heavy atom. The number of nitrogens with zero attached hydrogens (tertiary/aromatic N) is 4. The number of rotatable bonds is 4. The second kappa shape index (κ2) is 5.15. The van der Waals surface area contributed by atoms with E-state index in [1.54, 1.807) is 17.9 Å². The molecule has 0 aromatic carbocycles. The first-order valence-corrected chi connectivity index (χ1v) is 6.81. The molecule has 2 aromatic heterocycles. The molecule has 0 bridgehead atoms. The Kier molecular flexibility index (Phi) is 3.42. The van der Waals surface area contributed by atoms with Crippen molar-refractivity contribution < 1.29 is 13.2 Å². The van der Waals surface area contributed by atoms with Crippen molar-refractivity contribution >= 4 is 17.5 Å². The highest BCUT2D eigenvalue weighted by Crippen LogP contribution is 2.43. The second-order valence-corrected chi connectivity index (χ2v) is 5.20. The van der Waals surface area contributed by atoms with Gasteiger partial charge >= 0.3 is 6.18 Å². The fourth-order valence-electron chi connectivity index (χ4n) is 2.22. The molecule has 0 amide bonds. The first-order chi connectivity index (χ1) is 10.4. The van der Waals surface area contributed by atoms with E-state index >= 15 is 0 Å². The first-order valence-electron chi connectivity index (χ1n) is 6.81. The highest BCUT2D eigenvalue weighted by atomic mass is 19.4. The monoisotopic (exact) mass is 312 g/mol. The van der Waals surface area contributed by atoms with Gasteiger partial charge in [0, 0.05) is 32.4 Å². The average Bonchev–Trinajstić information content (AvgIpc) is 3.22. The predicted molar refractivity (Wildman–Crippen MR) is 75.0 cm³/mol. The molecule has 0 saturated heterocycles. The second-order valence-electron chi connectivity index (χ2n) is 5.20. The molecule has 0 unspecified atom stereocenters. The lowest BCUT2D eigenvalue weighted by atomic mass is 10.2. The van der Waals surface area contributed by atoms with E-state index in [9.17, 15) is 13.2 Å². The molecule has 9 heteroatoms. The van der Waals surface area contributed by atoms with Gasteiger partial charge in [0.15, 0.2) is 0 Å². The molecular weight excluding hydrogens is 297 g/mol. The van der Waals surface area contributed by atoms with Crippen LogP contribution in [0.4, 0.5) is 30.6 Å². The fourth-order valence-corrected chi connectivity index (χ4v) is 2.22. The molecule has 22 heavy (non-hydrogen) atoms. The summed E-state index contributed by atoms with van der Waals surface area (Å²) < 4.78 is 40.1. The van der Waals surface area contributed by atoms with Gasteiger partial charge in [-0.2, -0.15) is 23.3 Å². The summed E-state index contributed by atoms with van der Waals surface area (Å²) >= 11 is 0. The van der Waals surface area contributed by atoms with Gasteiger partial charge < -0.3 is 10.6 Å². The van der Waals surface area contributed by atoms with Crippen molar-refractivity contribution in [3.63, 3.8) is 0 Å². The van der Waals surface area contributed by atoms with Gasteiger partial charge in [0.2, 0.25) is 5.95 Å². The SMILES string of the molecule is CNc1nc(Nc2cn(C)nc2C2CC2)ncc1C(F)(F)F. The number of hydrogen-bond acceptors (Lipinski definition) is 5. The van der Waals surface area contributed by atoms with E-state index in [4.69, 9.17) is 0 Å². The van der Waals surface area contributed by atoms with Crippen LogP contribution in [0.2, 0.25) is 0 Å². The molecule has 118 valence electrons. The van der Waals surface area contributed by atoms with Crippen LogP contribution in [0.15, 0.2) is 12.4 Å². The largest absolute Gasteiger partial charge is 0.421 e. The Bertz CT molecular complexity index is 690. The molecule has 1 aliphatic rings. The highest BCUT2D eigenvalue weighted by Gasteiger charge is 2.35. The zero-order valence-corrected chi connectivity index (χ0v) is 12.1. The van der Waals surface area contributed by atoms with Crippen molar-refractivity contribution in [3.8, 4) is 0 Å². The van der Waals surface area contributed by atoms with E-state index in [0.717, 1.165) is 30.4 Å². The fraction of sp³-hybridized carbons (Fsp3) is 0.462. The first kappa shape index (κ1) is 14.6. The third-order valence-electron chi connectivity index (χ3n) is 3.40. The summed E-state index contributed by atoms with van der Waals surface area (Å²) in [7, 11) is 3.19. The summed E-state index contributed by atoms with van der Waals surface area (Å²) in [5.74, 6) is 0.246. The molecule has 0 radical (unpaired) electrons. The van der Waals surface area contributed by atoms with E-state index in [2.05, 4.69) is 25.7 Å². The van der Waals surface area contributed by atoms with Gasteiger partial charge in [-0.3, -0.25) is 4.68 Å². The highest BCUT2D eigenvalue weighted by molar-refractivity contribution is 5.59. The van der Waals surface area contributed by atoms with Crippen molar-refractivity contribution in [2.75, 3.05) is 17.7 Å². The molecule has 0 atom stereocenters. The Hall–Kier alpha value is -2.32. The van der Waals surface area contributed by atoms with Gasteiger partial charge in [-0.25, -0.2) is 4.98 Å². The van der Waals surface area contributed by atoms with Crippen LogP contribution in [0.3, 0.4) is 0 Å². The molecule has 0 aliphatic heterocycles. The minimum Gasteiger partial charge on any atom is -0.372 e. The molecule has 1 fully saturated rings. The molecule has 1 saturated carbocycles. The van der Waals surface area contributed by atoms with Gasteiger partial charge in [-0.1, -0.05) is 0 Å². The van der Waals surface area contributed by atoms with Crippen LogP contribution >= 0.6 is 0 Å². The lowest BCUT2D eigenvalue weighted by Gasteiger charge is -2.12. The quantitative estimate of drug-likeness (QED) is 0.908. The molecule has 6 nitrogen and oxygen atoms in total. The Labute approximate surface area is 124 Å². The van der Waals surface area contributed by atoms with Gasteiger partial charge in [0.05, 0.1) is 11.4 Å². The third-order valence-corrected chi connectivity index (χ3v) is 3.40. The lowest BCUT2D eigenvalue weighted by molar-refractivity contribution is -0.137. The minimum atomic E-state index is -4.50. The van der Waals surface area contributed by atoms with Crippen molar-refractivity contribution in [2.45, 2.75) is 24.9 Å². The van der Waals surface area contributed by atoms with Gasteiger partial charge in [0.1, 0.15) is 11.4 Å². The molecule has 3 rings (SSSR count). The van der Waals surface area contributed by atoms with Crippen molar-refractivity contribution in [2.24, 2.45) is 7.05 Å². The molecule has 2 N–H and O–H groups in total. The average molecular weight is 312 g/mol. The maximum absolute atomic E-state index is 12.8. The van der Waals surface area contributed by atoms with Gasteiger partial charge in [-0.15, -0.1) is 0 Å². The summed E-state index contributed by atoms with van der Waals surface area (Å²) in [6.07, 6.45) is 0.190. The minimum absolute atomic E-state index is 0.104. The van der Waals surface area contributed by atoms with E-state index < -0.39 is 11.7 Å². The number of aryl methyl sites for hydroxylation is 1. The number of hydrogen-bond donors (Lipinski definition) is 2. The summed E-state index contributed by atoms with van der Waals surface area (Å²) in [6.45, 7) is 0. The summed E-state index contributed by atoms with van der Waals surface area (Å²) in [5.41, 5.74) is 0.734. The predicted octanol–water partition coefficient (Wildman–Crippen LogP) is 2.89. The number of halogens is 3. The Balaban J connectivity index is 1.90. The van der Waals surface area contributed by atoms with Crippen LogP contribution in [0.5, 0.6) is 0 Å². The maximum Gasteiger partial charge on any atom is 0.421 e. The summed E-state index contributed by atoms with van der Waals surface area (Å²) in [6, 6.07) is 0. The van der Waals surface area contributed by atoms with Gasteiger partial charge in [-0.05, 0) is 12.8 Å². The van der Waals surface area contributed by atoms with Crippen molar-refractivity contribution in [1.82, 2.24) is 19.7 Å². The van der Waals surface area contributed by atoms with E-state index in [1.807, 2.05) is 0 Å². The molecular formula is C13H15F3N6. The van der Waals surface area contributed by atoms with E-state index in [-0.39, 0.29) is 11.8 Å². The number of anilines is 3. The van der Waals surface area contributed by atoms with Crippen molar-refractivity contribution in [3.05, 3.63) is 23.7 Å². The summed E-state index contributed by atoms with van der Waals surface area (Å²) in [4.78, 5) is 7.65. The Morgan fingerprint density at radius 1 is 1.32 bits per heavy atom. The molecule has 1 aliphatic carbocycles. The van der Waals surface area contributed by atoms with Crippen LogP contribution in [0, 0.1) is 0 Å². The normalized spacial score (nSPS) is 15.0. The standard InChI is InChI=1S/C13H15F3N6/c1-17-11-8(13(14,15)16)5-18-12(20-11)19-9-6-22(2)21-10(9)7-3-4-7/h5-7H,3-4H2,1-2H3,(H2,17,18,19,20). The smallest absolute Gasteiger partial charge is 0.372 e. The van der Waals surface area contributed by atoms with Crippen molar-refractivity contribution in [1.29, 1.82) is 0 Å². The maximum atomic E-state index is 12.8. The van der Waals surface area contributed by atoms with Crippen LogP contribution in [0.1, 0.15) is 30.0 Å². The molecule has 0 spiro atoms. The summed E-state index contributed by atoms with van der Waals surface area (Å²) in [5, 5.41) is 9.78. The van der Waals surface area contributed by atoms with Crippen LogP contribution < -0.4 is 10.6 Å². The number of alkyl halides is 3. The topological polar surface area (TPSA) is 67.7 Å². The number of aromatic nitrogens is 4. The number of nitrogens with one attached hydrogen (secondary N) is 2.